The second-order valence-corrected chi connectivity index (χ2v) is 4.89. The quantitative estimate of drug-likeness (QED) is 0.919. The Morgan fingerprint density at radius 2 is 2.35 bits per heavy atom. The normalized spacial score (nSPS) is 12.6. The van der Waals surface area contributed by atoms with Crippen molar-refractivity contribution in [3.63, 3.8) is 0 Å². The minimum absolute atomic E-state index is 0.361. The largest absolute Gasteiger partial charge is 0.307 e. The molecule has 0 bridgehead atoms. The molecular formula is C12H15BrN4. The zero-order valence-electron chi connectivity index (χ0n) is 9.68. The van der Waals surface area contributed by atoms with E-state index in [0.29, 0.717) is 6.04 Å². The Bertz CT molecular complexity index is 438. The van der Waals surface area contributed by atoms with E-state index in [4.69, 9.17) is 0 Å². The SMILES string of the molecule is CC(Cn1cccn1)NCc1ccc(Br)cn1. The highest BCUT2D eigenvalue weighted by Gasteiger charge is 2.03. The summed E-state index contributed by atoms with van der Waals surface area (Å²) >= 11 is 3.37. The Morgan fingerprint density at radius 3 is 3.00 bits per heavy atom. The maximum absolute atomic E-state index is 4.32. The van der Waals surface area contributed by atoms with Crippen LogP contribution in [0, 0.1) is 0 Å². The van der Waals surface area contributed by atoms with Gasteiger partial charge in [-0.25, -0.2) is 0 Å². The molecule has 1 unspecified atom stereocenters. The van der Waals surface area contributed by atoms with Crippen LogP contribution in [0.25, 0.3) is 0 Å². The predicted molar refractivity (Wildman–Crippen MR) is 70.5 cm³/mol. The minimum atomic E-state index is 0.361. The van der Waals surface area contributed by atoms with Crippen LogP contribution in [-0.2, 0) is 13.1 Å². The van der Waals surface area contributed by atoms with Crippen LogP contribution in [0.2, 0.25) is 0 Å². The number of nitrogens with zero attached hydrogens (tertiary/aromatic N) is 3. The molecule has 1 N–H and O–H groups in total. The molecular weight excluding hydrogens is 280 g/mol. The second-order valence-electron chi connectivity index (χ2n) is 3.98. The van der Waals surface area contributed by atoms with Gasteiger partial charge in [0.25, 0.3) is 0 Å². The number of hydrogen-bond donors (Lipinski definition) is 1. The molecule has 2 aromatic rings. The number of pyridine rings is 1. The van der Waals surface area contributed by atoms with Crippen molar-refractivity contribution in [3.05, 3.63) is 47.0 Å². The van der Waals surface area contributed by atoms with E-state index in [1.54, 1.807) is 6.20 Å². The van der Waals surface area contributed by atoms with Crippen molar-refractivity contribution < 1.29 is 0 Å². The van der Waals surface area contributed by atoms with Crippen LogP contribution in [0.1, 0.15) is 12.6 Å². The zero-order chi connectivity index (χ0) is 12.1. The molecule has 0 aliphatic rings. The van der Waals surface area contributed by atoms with E-state index in [9.17, 15) is 0 Å². The number of aromatic nitrogens is 3. The molecule has 0 saturated heterocycles. The van der Waals surface area contributed by atoms with Crippen LogP contribution >= 0.6 is 15.9 Å². The Kier molecular flexibility index (Phi) is 4.28. The van der Waals surface area contributed by atoms with Gasteiger partial charge >= 0.3 is 0 Å². The van der Waals surface area contributed by atoms with E-state index in [1.165, 1.54) is 0 Å². The fraction of sp³-hybridized carbons (Fsp3) is 0.333. The zero-order valence-corrected chi connectivity index (χ0v) is 11.3. The number of halogens is 1. The average Bonchev–Trinajstić information content (AvgIpc) is 2.81. The third-order valence-electron chi connectivity index (χ3n) is 2.44. The molecule has 0 fully saturated rings. The lowest BCUT2D eigenvalue weighted by molar-refractivity contribution is 0.448. The Balaban J connectivity index is 1.79. The molecule has 5 heteroatoms. The highest BCUT2D eigenvalue weighted by Crippen LogP contribution is 2.07. The van der Waals surface area contributed by atoms with Gasteiger partial charge in [-0.1, -0.05) is 0 Å². The lowest BCUT2D eigenvalue weighted by atomic mass is 10.3. The van der Waals surface area contributed by atoms with Gasteiger partial charge in [0.15, 0.2) is 0 Å². The van der Waals surface area contributed by atoms with Crippen molar-refractivity contribution in [2.24, 2.45) is 0 Å². The topological polar surface area (TPSA) is 42.7 Å². The van der Waals surface area contributed by atoms with Gasteiger partial charge in [0.05, 0.1) is 12.2 Å². The van der Waals surface area contributed by atoms with E-state index in [2.05, 4.69) is 38.3 Å². The molecule has 0 amide bonds. The molecule has 90 valence electrons. The Hall–Kier alpha value is -1.20. The van der Waals surface area contributed by atoms with E-state index in [0.717, 1.165) is 23.3 Å². The average molecular weight is 295 g/mol. The van der Waals surface area contributed by atoms with Gasteiger partial charge < -0.3 is 5.32 Å². The third kappa shape index (κ3) is 3.94. The van der Waals surface area contributed by atoms with Gasteiger partial charge in [0.1, 0.15) is 0 Å². The van der Waals surface area contributed by atoms with Gasteiger partial charge in [-0.05, 0) is 41.1 Å². The van der Waals surface area contributed by atoms with Gasteiger partial charge in [-0.3, -0.25) is 9.67 Å². The molecule has 0 saturated carbocycles. The lowest BCUT2D eigenvalue weighted by Gasteiger charge is -2.13. The van der Waals surface area contributed by atoms with Crippen LogP contribution in [0.4, 0.5) is 0 Å². The Labute approximate surface area is 109 Å². The van der Waals surface area contributed by atoms with Crippen molar-refractivity contribution in [1.82, 2.24) is 20.1 Å². The molecule has 17 heavy (non-hydrogen) atoms. The maximum atomic E-state index is 4.32. The first-order valence-electron chi connectivity index (χ1n) is 5.55. The molecule has 4 nitrogen and oxygen atoms in total. The van der Waals surface area contributed by atoms with E-state index in [1.807, 2.05) is 35.3 Å². The monoisotopic (exact) mass is 294 g/mol. The summed E-state index contributed by atoms with van der Waals surface area (Å²) in [6, 6.07) is 6.31. The lowest BCUT2D eigenvalue weighted by Crippen LogP contribution is -2.30. The predicted octanol–water partition coefficient (Wildman–Crippen LogP) is 2.22. The number of rotatable bonds is 5. The van der Waals surface area contributed by atoms with Crippen LogP contribution in [0.15, 0.2) is 41.3 Å². The molecule has 0 aliphatic heterocycles. The summed E-state index contributed by atoms with van der Waals surface area (Å²) in [6.45, 7) is 3.78. The first kappa shape index (κ1) is 12.3. The summed E-state index contributed by atoms with van der Waals surface area (Å²) in [7, 11) is 0. The van der Waals surface area contributed by atoms with Crippen molar-refractivity contribution >= 4 is 15.9 Å². The van der Waals surface area contributed by atoms with Gasteiger partial charge in [0.2, 0.25) is 0 Å². The van der Waals surface area contributed by atoms with Gasteiger partial charge in [-0.2, -0.15) is 5.10 Å². The summed E-state index contributed by atoms with van der Waals surface area (Å²) in [4.78, 5) is 4.32. The standard InChI is InChI=1S/C12H15BrN4/c1-10(9-17-6-2-5-16-17)14-8-12-4-3-11(13)7-15-12/h2-7,10,14H,8-9H2,1H3. The highest BCUT2D eigenvalue weighted by atomic mass is 79.9. The third-order valence-corrected chi connectivity index (χ3v) is 2.91. The summed E-state index contributed by atoms with van der Waals surface area (Å²) in [5.41, 5.74) is 1.04. The summed E-state index contributed by atoms with van der Waals surface area (Å²) in [6.07, 6.45) is 5.58. The fourth-order valence-corrected chi connectivity index (χ4v) is 1.78. The van der Waals surface area contributed by atoms with E-state index < -0.39 is 0 Å². The molecule has 2 heterocycles. The number of nitrogens with one attached hydrogen (secondary N) is 1. The molecule has 1 atom stereocenters. The molecule has 0 aromatic carbocycles. The minimum Gasteiger partial charge on any atom is -0.307 e. The van der Waals surface area contributed by atoms with Crippen LogP contribution in [0.5, 0.6) is 0 Å². The molecule has 0 aliphatic carbocycles. The van der Waals surface area contributed by atoms with Crippen molar-refractivity contribution in [2.75, 3.05) is 0 Å². The van der Waals surface area contributed by atoms with Crippen LogP contribution in [-0.4, -0.2) is 20.8 Å². The highest BCUT2D eigenvalue weighted by molar-refractivity contribution is 9.10. The summed E-state index contributed by atoms with van der Waals surface area (Å²) in [5.74, 6) is 0. The van der Waals surface area contributed by atoms with E-state index in [-0.39, 0.29) is 0 Å². The molecule has 2 rings (SSSR count). The van der Waals surface area contributed by atoms with Crippen LogP contribution < -0.4 is 5.32 Å². The molecule has 0 spiro atoms. The smallest absolute Gasteiger partial charge is 0.0560 e. The second kappa shape index (κ2) is 5.93. The summed E-state index contributed by atoms with van der Waals surface area (Å²) < 4.78 is 2.93. The van der Waals surface area contributed by atoms with E-state index >= 15 is 0 Å². The van der Waals surface area contributed by atoms with Crippen LogP contribution in [0.3, 0.4) is 0 Å². The fourth-order valence-electron chi connectivity index (χ4n) is 1.54. The first-order chi connectivity index (χ1) is 8.24. The van der Waals surface area contributed by atoms with Crippen molar-refractivity contribution in [3.8, 4) is 0 Å². The van der Waals surface area contributed by atoms with Gasteiger partial charge in [0, 0.05) is 35.6 Å². The van der Waals surface area contributed by atoms with Crippen molar-refractivity contribution in [1.29, 1.82) is 0 Å². The van der Waals surface area contributed by atoms with Crippen molar-refractivity contribution in [2.45, 2.75) is 26.1 Å². The molecule has 2 aromatic heterocycles. The first-order valence-corrected chi connectivity index (χ1v) is 6.34. The molecule has 0 radical (unpaired) electrons. The van der Waals surface area contributed by atoms with Gasteiger partial charge in [-0.15, -0.1) is 0 Å². The Morgan fingerprint density at radius 1 is 1.47 bits per heavy atom. The maximum Gasteiger partial charge on any atom is 0.0560 e. The summed E-state index contributed by atoms with van der Waals surface area (Å²) in [5, 5.41) is 7.60. The number of hydrogen-bond acceptors (Lipinski definition) is 3.